The number of hydrogen-bond donors (Lipinski definition) is 1. The summed E-state index contributed by atoms with van der Waals surface area (Å²) in [4.78, 5) is 44.9. The van der Waals surface area contributed by atoms with Gasteiger partial charge in [-0.25, -0.2) is 19.7 Å². The Balaban J connectivity index is 1.02. The van der Waals surface area contributed by atoms with E-state index in [9.17, 15) is 14.7 Å². The fourth-order valence-corrected chi connectivity index (χ4v) is 7.95. The van der Waals surface area contributed by atoms with Crippen molar-refractivity contribution in [2.45, 2.75) is 114 Å². The van der Waals surface area contributed by atoms with Crippen LogP contribution in [-0.4, -0.2) is 75.4 Å². The van der Waals surface area contributed by atoms with E-state index in [2.05, 4.69) is 11.1 Å². The Hall–Kier alpha value is -3.99. The largest absolute Gasteiger partial charge is 0.481 e. The Bertz CT molecular complexity index is 1640. The number of piperidine rings is 1. The highest BCUT2D eigenvalue weighted by Gasteiger charge is 2.36. The summed E-state index contributed by atoms with van der Waals surface area (Å²) in [6, 6.07) is 6.11. The zero-order chi connectivity index (χ0) is 34.8. The number of methoxy groups -OCH3 is 1. The minimum atomic E-state index is -0.726. The smallest absolute Gasteiger partial charge is 0.410 e. The van der Waals surface area contributed by atoms with E-state index in [0.29, 0.717) is 87.6 Å². The van der Waals surface area contributed by atoms with Crippen LogP contribution in [0.5, 0.6) is 5.88 Å². The number of carbonyl (C=O) groups is 2. The van der Waals surface area contributed by atoms with Gasteiger partial charge in [-0.2, -0.15) is 0 Å². The lowest BCUT2D eigenvalue weighted by Gasteiger charge is -2.37. The van der Waals surface area contributed by atoms with Crippen LogP contribution < -0.4 is 9.64 Å². The molecule has 1 N–H and O–H groups in total. The number of carbonyl (C=O) groups excluding carboxylic acids is 2. The van der Waals surface area contributed by atoms with Crippen molar-refractivity contribution in [2.75, 3.05) is 31.6 Å². The Morgan fingerprint density at radius 2 is 1.72 bits per heavy atom. The molecule has 7 rings (SSSR count). The van der Waals surface area contributed by atoms with Crippen molar-refractivity contribution in [3.05, 3.63) is 53.9 Å². The topological polar surface area (TPSA) is 131 Å². The Morgan fingerprint density at radius 1 is 1.00 bits per heavy atom. The quantitative estimate of drug-likeness (QED) is 0.249. The van der Waals surface area contributed by atoms with Crippen LogP contribution in [0.25, 0.3) is 11.3 Å². The molecular weight excluding hydrogens is 634 g/mol. The highest BCUT2D eigenvalue weighted by Crippen LogP contribution is 2.41. The molecule has 0 radical (unpaired) electrons. The van der Waals surface area contributed by atoms with Crippen LogP contribution in [0.4, 0.5) is 10.6 Å². The van der Waals surface area contributed by atoms with Gasteiger partial charge in [-0.05, 0) is 126 Å². The molecule has 0 aromatic carbocycles. The average Bonchev–Trinajstić information content (AvgIpc) is 3.86. The second-order valence-corrected chi connectivity index (χ2v) is 15.4. The molecule has 1 aliphatic heterocycles. The van der Waals surface area contributed by atoms with Crippen LogP contribution in [0.2, 0.25) is 0 Å². The van der Waals surface area contributed by atoms with Crippen LogP contribution in [0.1, 0.15) is 113 Å². The lowest BCUT2D eigenvalue weighted by molar-refractivity contribution is -0.124. The third-order valence-electron chi connectivity index (χ3n) is 11.4. The molecule has 0 unspecified atom stereocenters. The van der Waals surface area contributed by atoms with Crippen molar-refractivity contribution in [3.8, 4) is 17.1 Å². The van der Waals surface area contributed by atoms with Crippen LogP contribution in [-0.2, 0) is 9.53 Å². The molecule has 50 heavy (non-hydrogen) atoms. The van der Waals surface area contributed by atoms with Gasteiger partial charge in [0.2, 0.25) is 11.8 Å². The lowest BCUT2D eigenvalue weighted by Crippen LogP contribution is -2.46. The lowest BCUT2D eigenvalue weighted by atomic mass is 9.78. The number of aliphatic hydroxyl groups is 1. The summed E-state index contributed by atoms with van der Waals surface area (Å²) in [7, 11) is 1.65. The SMILES string of the molecule is COc1ncc(C2CCC(CN(C(=O)C3CCC(OC(=O)N4CCC(C)(O)CC4)CC3)c3cc(-c4coc(C5CC5)n4)ccn3)CC2)cc1C. The fourth-order valence-electron chi connectivity index (χ4n) is 7.95. The minimum Gasteiger partial charge on any atom is -0.481 e. The van der Waals surface area contributed by atoms with Crippen LogP contribution in [0.3, 0.4) is 0 Å². The van der Waals surface area contributed by atoms with Gasteiger partial charge in [0.15, 0.2) is 5.89 Å². The number of pyridine rings is 2. The number of rotatable bonds is 9. The molecule has 4 heterocycles. The zero-order valence-corrected chi connectivity index (χ0v) is 29.7. The molecule has 3 saturated carbocycles. The number of ether oxygens (including phenoxy) is 2. The zero-order valence-electron chi connectivity index (χ0n) is 29.7. The molecule has 11 heteroatoms. The number of likely N-dealkylation sites (tertiary alicyclic amines) is 1. The maximum absolute atomic E-state index is 14.4. The summed E-state index contributed by atoms with van der Waals surface area (Å²) in [6.07, 6.45) is 15.0. The van der Waals surface area contributed by atoms with E-state index >= 15 is 0 Å². The second-order valence-electron chi connectivity index (χ2n) is 15.4. The standard InChI is InChI=1S/C39H51N5O6/c1-25-20-31(22-41-35(25)48-3)27-6-4-26(5-7-27)23-44(34-21-30(14-17-40-34)33-24-49-36(42-33)28-8-9-28)37(45)29-10-12-32(13-11-29)50-38(46)43-18-15-39(2,47)16-19-43/h14,17,20-22,24,26-29,32,47H,4-13,15-16,18-19,23H2,1-3H3. The van der Waals surface area contributed by atoms with Crippen molar-refractivity contribution in [2.24, 2.45) is 11.8 Å². The first kappa shape index (κ1) is 34.5. The summed E-state index contributed by atoms with van der Waals surface area (Å²) in [5.74, 6) is 3.24. The molecule has 0 spiro atoms. The predicted molar refractivity (Wildman–Crippen MR) is 188 cm³/mol. The van der Waals surface area contributed by atoms with Crippen molar-refractivity contribution >= 4 is 17.8 Å². The summed E-state index contributed by atoms with van der Waals surface area (Å²) in [5, 5.41) is 10.3. The summed E-state index contributed by atoms with van der Waals surface area (Å²) in [5.41, 5.74) is 3.25. The minimum absolute atomic E-state index is 0.0913. The molecule has 268 valence electrons. The van der Waals surface area contributed by atoms with Gasteiger partial charge in [-0.15, -0.1) is 0 Å². The van der Waals surface area contributed by atoms with E-state index < -0.39 is 5.60 Å². The average molecular weight is 686 g/mol. The van der Waals surface area contributed by atoms with Gasteiger partial charge in [-0.3, -0.25) is 9.69 Å². The van der Waals surface area contributed by atoms with Gasteiger partial charge in [-0.1, -0.05) is 0 Å². The van der Waals surface area contributed by atoms with Gasteiger partial charge >= 0.3 is 6.09 Å². The molecule has 3 aromatic heterocycles. The Labute approximate surface area is 294 Å². The molecular formula is C39H51N5O6. The van der Waals surface area contributed by atoms with Gasteiger partial charge in [0.25, 0.3) is 0 Å². The number of amides is 2. The molecule has 4 fully saturated rings. The van der Waals surface area contributed by atoms with E-state index in [1.165, 1.54) is 5.56 Å². The first-order chi connectivity index (χ1) is 24.2. The van der Waals surface area contributed by atoms with Crippen LogP contribution in [0, 0.1) is 18.8 Å². The number of anilines is 1. The highest BCUT2D eigenvalue weighted by atomic mass is 16.6. The van der Waals surface area contributed by atoms with Crippen molar-refractivity contribution < 1.29 is 28.6 Å². The fraction of sp³-hybridized carbons (Fsp3) is 0.615. The monoisotopic (exact) mass is 685 g/mol. The van der Waals surface area contributed by atoms with Crippen LogP contribution >= 0.6 is 0 Å². The maximum atomic E-state index is 14.4. The van der Waals surface area contributed by atoms with Gasteiger partial charge in [0, 0.05) is 55.0 Å². The predicted octanol–water partition coefficient (Wildman–Crippen LogP) is 7.18. The number of oxazole rings is 1. The van der Waals surface area contributed by atoms with Gasteiger partial charge in [0.1, 0.15) is 23.9 Å². The normalized spacial score (nSPS) is 25.2. The summed E-state index contributed by atoms with van der Waals surface area (Å²) in [6.45, 7) is 5.46. The van der Waals surface area contributed by atoms with Gasteiger partial charge < -0.3 is 23.9 Å². The van der Waals surface area contributed by atoms with E-state index in [-0.39, 0.29) is 24.0 Å². The molecule has 2 amide bonds. The molecule has 11 nitrogen and oxygen atoms in total. The van der Waals surface area contributed by atoms with Crippen LogP contribution in [0.15, 0.2) is 41.3 Å². The number of aryl methyl sites for hydroxylation is 1. The van der Waals surface area contributed by atoms with Crippen molar-refractivity contribution in [1.29, 1.82) is 0 Å². The third kappa shape index (κ3) is 7.98. The Kier molecular flexibility index (Phi) is 10.1. The Morgan fingerprint density at radius 3 is 2.40 bits per heavy atom. The number of nitrogens with zero attached hydrogens (tertiary/aromatic N) is 5. The number of aromatic nitrogens is 3. The molecule has 1 saturated heterocycles. The second kappa shape index (κ2) is 14.7. The highest BCUT2D eigenvalue weighted by molar-refractivity contribution is 5.94. The third-order valence-corrected chi connectivity index (χ3v) is 11.4. The first-order valence-electron chi connectivity index (χ1n) is 18.6. The molecule has 0 atom stereocenters. The van der Waals surface area contributed by atoms with Gasteiger partial charge in [0.05, 0.1) is 12.7 Å². The molecule has 3 aliphatic carbocycles. The van der Waals surface area contributed by atoms with E-state index in [0.717, 1.165) is 61.2 Å². The molecule has 4 aliphatic rings. The van der Waals surface area contributed by atoms with E-state index in [4.69, 9.17) is 23.9 Å². The van der Waals surface area contributed by atoms with Crippen molar-refractivity contribution in [1.82, 2.24) is 19.9 Å². The summed E-state index contributed by atoms with van der Waals surface area (Å²) >= 11 is 0. The summed E-state index contributed by atoms with van der Waals surface area (Å²) < 4.78 is 17.0. The first-order valence-corrected chi connectivity index (χ1v) is 18.6. The van der Waals surface area contributed by atoms with E-state index in [1.807, 2.05) is 37.1 Å². The molecule has 0 bridgehead atoms. The molecule has 3 aromatic rings. The van der Waals surface area contributed by atoms with Crippen molar-refractivity contribution in [3.63, 3.8) is 0 Å². The van der Waals surface area contributed by atoms with E-state index in [1.54, 1.807) is 24.5 Å². The number of hydrogen-bond acceptors (Lipinski definition) is 9. The maximum Gasteiger partial charge on any atom is 0.410 e.